The second-order valence-electron chi connectivity index (χ2n) is 10.4. The van der Waals surface area contributed by atoms with Gasteiger partial charge in [0.25, 0.3) is 0 Å². The first-order valence-electron chi connectivity index (χ1n) is 12.7. The van der Waals surface area contributed by atoms with Crippen LogP contribution >= 0.6 is 0 Å². The minimum Gasteiger partial charge on any atom is -0.476 e. The van der Waals surface area contributed by atoms with Crippen molar-refractivity contribution in [2.45, 2.75) is 44.7 Å². The van der Waals surface area contributed by atoms with Gasteiger partial charge < -0.3 is 19.8 Å². The number of aryl methyl sites for hydroxylation is 1. The van der Waals surface area contributed by atoms with Gasteiger partial charge in [-0.3, -0.25) is 4.90 Å². The molecule has 9 nitrogen and oxygen atoms in total. The largest absolute Gasteiger partial charge is 0.476 e. The maximum absolute atomic E-state index is 12.9. The van der Waals surface area contributed by atoms with Crippen LogP contribution in [0.15, 0.2) is 30.5 Å². The lowest BCUT2D eigenvalue weighted by atomic mass is 9.84. The van der Waals surface area contributed by atoms with Crippen molar-refractivity contribution >= 4 is 17.7 Å². The number of hydrogen-bond acceptors (Lipinski definition) is 6. The Hall–Kier alpha value is -2.91. The molecular weight excluding hydrogens is 444 g/mol. The number of hydrogen-bond donors (Lipinski definition) is 1. The van der Waals surface area contributed by atoms with Crippen LogP contribution in [0.5, 0.6) is 0 Å². The third-order valence-corrected chi connectivity index (χ3v) is 8.07. The van der Waals surface area contributed by atoms with E-state index in [1.807, 2.05) is 0 Å². The zero-order valence-corrected chi connectivity index (χ0v) is 20.8. The van der Waals surface area contributed by atoms with Crippen LogP contribution in [0, 0.1) is 6.92 Å². The summed E-state index contributed by atoms with van der Waals surface area (Å²) in [5, 5.41) is 13.0. The molecule has 0 aliphatic carbocycles. The topological polar surface area (TPSA) is 85.1 Å². The molecule has 0 saturated carbocycles. The summed E-state index contributed by atoms with van der Waals surface area (Å²) in [5.74, 6) is -1.12. The Bertz CT molecular complexity index is 1080. The quantitative estimate of drug-likeness (QED) is 0.720. The molecule has 1 spiro atoms. The van der Waals surface area contributed by atoms with Gasteiger partial charge in [-0.05, 0) is 75.5 Å². The number of piperazine rings is 1. The molecule has 3 fully saturated rings. The summed E-state index contributed by atoms with van der Waals surface area (Å²) in [5.41, 5.74) is 4.04. The third-order valence-electron chi connectivity index (χ3n) is 8.07. The van der Waals surface area contributed by atoms with Crippen LogP contribution in [0.2, 0.25) is 0 Å². The van der Waals surface area contributed by atoms with Crippen molar-refractivity contribution in [3.8, 4) is 0 Å². The molecule has 4 heterocycles. The van der Waals surface area contributed by atoms with Crippen molar-refractivity contribution in [2.24, 2.45) is 0 Å². The Kier molecular flexibility index (Phi) is 6.55. The van der Waals surface area contributed by atoms with Gasteiger partial charge in [0.1, 0.15) is 0 Å². The Balaban J connectivity index is 1.24. The van der Waals surface area contributed by atoms with Crippen molar-refractivity contribution in [3.63, 3.8) is 0 Å². The number of carboxylic acids is 1. The fraction of sp³-hybridized carbons (Fsp3) is 0.577. The molecule has 3 saturated heterocycles. The average Bonchev–Trinajstić information content (AvgIpc) is 3.48. The van der Waals surface area contributed by atoms with Gasteiger partial charge in [0.15, 0.2) is 5.69 Å². The van der Waals surface area contributed by atoms with Crippen LogP contribution in [0.25, 0.3) is 0 Å². The number of amides is 1. The molecule has 3 aliphatic heterocycles. The van der Waals surface area contributed by atoms with Crippen molar-refractivity contribution in [3.05, 3.63) is 47.3 Å². The number of rotatable bonds is 4. The van der Waals surface area contributed by atoms with Gasteiger partial charge in [-0.2, -0.15) is 9.78 Å². The van der Waals surface area contributed by atoms with Crippen LogP contribution in [0.4, 0.5) is 10.5 Å². The minimum absolute atomic E-state index is 0.108. The normalized spacial score (nSPS) is 21.1. The van der Waals surface area contributed by atoms with Crippen molar-refractivity contribution in [1.82, 2.24) is 24.5 Å². The summed E-state index contributed by atoms with van der Waals surface area (Å²) in [4.78, 5) is 33.3. The number of carboxylic acid groups (broad SMARTS) is 1. The van der Waals surface area contributed by atoms with Crippen LogP contribution in [-0.2, 0) is 6.54 Å². The molecule has 1 amide bonds. The van der Waals surface area contributed by atoms with E-state index in [1.165, 1.54) is 35.5 Å². The fourth-order valence-corrected chi connectivity index (χ4v) is 6.01. The van der Waals surface area contributed by atoms with Crippen LogP contribution in [0.3, 0.4) is 0 Å². The van der Waals surface area contributed by atoms with E-state index in [4.69, 9.17) is 5.11 Å². The zero-order chi connectivity index (χ0) is 24.6. The molecule has 1 aromatic heterocycles. The number of carbonyl (C=O) groups excluding carboxylic acids is 1. The summed E-state index contributed by atoms with van der Waals surface area (Å²) in [6, 6.07) is 8.13. The monoisotopic (exact) mass is 480 g/mol. The van der Waals surface area contributed by atoms with Crippen molar-refractivity contribution < 1.29 is 14.7 Å². The van der Waals surface area contributed by atoms with Gasteiger partial charge in [0, 0.05) is 63.2 Å². The Morgan fingerprint density at radius 1 is 1.00 bits per heavy atom. The first-order valence-corrected chi connectivity index (χ1v) is 12.7. The number of likely N-dealkylation sites (tertiary alicyclic amines) is 2. The maximum Gasteiger partial charge on any atom is 0.356 e. The molecule has 5 rings (SSSR count). The van der Waals surface area contributed by atoms with Gasteiger partial charge in [-0.1, -0.05) is 6.07 Å². The summed E-state index contributed by atoms with van der Waals surface area (Å²) < 4.78 is 1.15. The Labute approximate surface area is 206 Å². The maximum atomic E-state index is 12.9. The second kappa shape index (κ2) is 9.62. The molecule has 188 valence electrons. The first kappa shape index (κ1) is 23.8. The van der Waals surface area contributed by atoms with Gasteiger partial charge in [0.05, 0.1) is 0 Å². The number of aromatic nitrogens is 2. The fourth-order valence-electron chi connectivity index (χ4n) is 6.01. The Morgan fingerprint density at radius 2 is 1.74 bits per heavy atom. The third kappa shape index (κ3) is 4.92. The molecular formula is C26H36N6O3. The second-order valence-corrected chi connectivity index (χ2v) is 10.4. The molecule has 0 unspecified atom stereocenters. The highest BCUT2D eigenvalue weighted by atomic mass is 16.4. The standard InChI is InChI=1S/C26H36N6O3/c1-20-16-21(18-22(17-20)29-14-12-28(2)13-15-29)19-31-8-3-5-26(31)6-10-30(11-7-26)25(35)32-9-4-23(27-32)24(33)34/h4,9,16-18H,3,5-8,10-15,19H2,1-2H3,(H,33,34). The molecule has 0 bridgehead atoms. The summed E-state index contributed by atoms with van der Waals surface area (Å²) >= 11 is 0. The molecule has 2 aromatic rings. The molecule has 1 N–H and O–H groups in total. The van der Waals surface area contributed by atoms with Crippen molar-refractivity contribution in [1.29, 1.82) is 0 Å². The first-order chi connectivity index (χ1) is 16.8. The number of nitrogens with zero attached hydrogens (tertiary/aromatic N) is 6. The molecule has 0 radical (unpaired) electrons. The summed E-state index contributed by atoms with van der Waals surface area (Å²) in [6.07, 6.45) is 5.66. The number of likely N-dealkylation sites (N-methyl/N-ethyl adjacent to an activating group) is 1. The van der Waals surface area contributed by atoms with E-state index < -0.39 is 5.97 Å². The number of piperidine rings is 1. The van der Waals surface area contributed by atoms with Gasteiger partial charge in [0.2, 0.25) is 0 Å². The lowest BCUT2D eigenvalue weighted by Gasteiger charge is -2.45. The molecule has 0 atom stereocenters. The predicted octanol–water partition coefficient (Wildman–Crippen LogP) is 2.74. The SMILES string of the molecule is Cc1cc(CN2CCCC23CCN(C(=O)n2ccc(C(=O)O)n2)CC3)cc(N2CCN(C)CC2)c1. The van der Waals surface area contributed by atoms with Crippen LogP contribution in [0.1, 0.15) is 47.3 Å². The lowest BCUT2D eigenvalue weighted by Crippen LogP contribution is -2.53. The highest BCUT2D eigenvalue weighted by Crippen LogP contribution is 2.40. The minimum atomic E-state index is -1.12. The Morgan fingerprint density at radius 3 is 2.43 bits per heavy atom. The van der Waals surface area contributed by atoms with Gasteiger partial charge >= 0.3 is 12.0 Å². The smallest absolute Gasteiger partial charge is 0.356 e. The highest BCUT2D eigenvalue weighted by Gasteiger charge is 2.44. The van der Waals surface area contributed by atoms with E-state index in [9.17, 15) is 9.59 Å². The molecule has 3 aliphatic rings. The molecule has 35 heavy (non-hydrogen) atoms. The molecule has 1 aromatic carbocycles. The van der Waals surface area contributed by atoms with E-state index in [-0.39, 0.29) is 17.3 Å². The number of aromatic carboxylic acids is 1. The summed E-state index contributed by atoms with van der Waals surface area (Å²) in [6.45, 7) is 9.90. The zero-order valence-electron chi connectivity index (χ0n) is 20.8. The van der Waals surface area contributed by atoms with Gasteiger partial charge in [-0.15, -0.1) is 0 Å². The van der Waals surface area contributed by atoms with E-state index >= 15 is 0 Å². The lowest BCUT2D eigenvalue weighted by molar-refractivity contribution is 0.0584. The average molecular weight is 481 g/mol. The van der Waals surface area contributed by atoms with Crippen LogP contribution < -0.4 is 4.90 Å². The molecule has 9 heteroatoms. The predicted molar refractivity (Wildman–Crippen MR) is 134 cm³/mol. The number of anilines is 1. The number of benzene rings is 1. The number of carbonyl (C=O) groups is 2. The van der Waals surface area contributed by atoms with Crippen molar-refractivity contribution in [2.75, 3.05) is 57.8 Å². The summed E-state index contributed by atoms with van der Waals surface area (Å²) in [7, 11) is 2.19. The van der Waals surface area contributed by atoms with E-state index in [0.717, 1.165) is 63.2 Å². The van der Waals surface area contributed by atoms with E-state index in [0.29, 0.717) is 13.1 Å². The van der Waals surface area contributed by atoms with E-state index in [2.05, 4.69) is 52.0 Å². The van der Waals surface area contributed by atoms with E-state index in [1.54, 1.807) is 4.90 Å². The van der Waals surface area contributed by atoms with Gasteiger partial charge in [-0.25, -0.2) is 9.59 Å². The highest BCUT2D eigenvalue weighted by molar-refractivity contribution is 5.86. The van der Waals surface area contributed by atoms with Crippen LogP contribution in [-0.4, -0.2) is 100.0 Å².